The number of carbonyl (C=O) groups is 2. The van der Waals surface area contributed by atoms with Crippen LogP contribution in [0.5, 0.6) is 0 Å². The second kappa shape index (κ2) is 13.3. The molecule has 8 atom stereocenters. The number of rotatable bonds is 7. The van der Waals surface area contributed by atoms with Crippen LogP contribution in [0, 0.1) is 46.2 Å². The van der Waals surface area contributed by atoms with E-state index in [2.05, 4.69) is 17.1 Å². The third kappa shape index (κ3) is 5.77. The first-order valence-corrected chi connectivity index (χ1v) is 20.7. The van der Waals surface area contributed by atoms with E-state index in [1.165, 1.54) is 57.4 Å². The number of aromatic amines is 1. The normalized spacial score (nSPS) is 34.8. The number of benzene rings is 2. The van der Waals surface area contributed by atoms with E-state index in [9.17, 15) is 19.5 Å². The molecule has 4 unspecified atom stereocenters. The van der Waals surface area contributed by atoms with Gasteiger partial charge in [0.05, 0.1) is 22.2 Å². The molecule has 6 aliphatic rings. The summed E-state index contributed by atoms with van der Waals surface area (Å²) in [6, 6.07) is 11.8. The van der Waals surface area contributed by atoms with Gasteiger partial charge in [0.2, 0.25) is 5.91 Å². The molecule has 2 aromatic carbocycles. The van der Waals surface area contributed by atoms with Crippen molar-refractivity contribution in [3.05, 3.63) is 75.5 Å². The second-order valence-corrected chi connectivity index (χ2v) is 18.0. The second-order valence-electron chi connectivity index (χ2n) is 18.0. The van der Waals surface area contributed by atoms with Crippen LogP contribution in [-0.2, 0) is 11.2 Å². The topological polar surface area (TPSA) is 107 Å². The molecule has 9 rings (SSSR count). The Morgan fingerprint density at radius 1 is 0.906 bits per heavy atom. The number of hydrogen-bond acceptors (Lipinski definition) is 5. The SMILES string of the molecule is C[C@]12CCCCC1CC[C@]13C4CCC[C@@](O)(CCCC(=O)N5CCN(C(=O)c6cc(Cc7n[nH]c(=O)c8ccccc78)ccc6F)CC5)[C@@H](CCC21)C43. The lowest BCUT2D eigenvalue weighted by Gasteiger charge is -2.58. The summed E-state index contributed by atoms with van der Waals surface area (Å²) in [6.45, 7) is 4.16. The maximum atomic E-state index is 15.0. The predicted molar refractivity (Wildman–Crippen MR) is 202 cm³/mol. The standard InChI is InChI=1S/C44H55FN4O4/c1-42-18-5-4-8-29(42)17-21-44-34-11-6-19-43(53,33(39(34)44)14-16-37(42)44)20-7-12-38(50)48-22-24-49(25-23-48)41(52)32-26-28(13-15-35(32)45)27-36-30-9-2-3-10-31(30)40(51)47-46-36/h2-3,9-10,13,15,26,29,33-34,37,39,53H,4-8,11-12,14,16-25,27H2,1H3,(H,47,51)/t29?,33-,34?,37?,39?,42-,43+,44-/m0/s1. The van der Waals surface area contributed by atoms with Gasteiger partial charge in [-0.2, -0.15) is 5.10 Å². The van der Waals surface area contributed by atoms with Crippen molar-refractivity contribution in [1.29, 1.82) is 0 Å². The maximum absolute atomic E-state index is 15.0. The van der Waals surface area contributed by atoms with Crippen LogP contribution in [0.15, 0.2) is 47.3 Å². The number of nitrogens with zero attached hydrogens (tertiary/aromatic N) is 3. The Balaban J connectivity index is 0.793. The lowest BCUT2D eigenvalue weighted by molar-refractivity contribution is -0.134. The van der Waals surface area contributed by atoms with Gasteiger partial charge in [-0.05, 0) is 128 Å². The first kappa shape index (κ1) is 35.1. The molecule has 53 heavy (non-hydrogen) atoms. The minimum absolute atomic E-state index is 0.00209. The van der Waals surface area contributed by atoms with Gasteiger partial charge in [0.25, 0.3) is 11.5 Å². The fraction of sp³-hybridized carbons (Fsp3) is 0.636. The summed E-state index contributed by atoms with van der Waals surface area (Å²) < 4.78 is 15.0. The molecule has 9 heteroatoms. The predicted octanol–water partition coefficient (Wildman–Crippen LogP) is 7.27. The van der Waals surface area contributed by atoms with E-state index in [1.54, 1.807) is 29.2 Å². The molecule has 8 nitrogen and oxygen atoms in total. The third-order valence-corrected chi connectivity index (χ3v) is 15.8. The minimum Gasteiger partial charge on any atom is -0.390 e. The van der Waals surface area contributed by atoms with E-state index >= 15 is 4.39 Å². The van der Waals surface area contributed by atoms with Gasteiger partial charge in [0.1, 0.15) is 5.82 Å². The summed E-state index contributed by atoms with van der Waals surface area (Å²) in [6.07, 6.45) is 16.2. The Labute approximate surface area is 311 Å². The number of H-pyrrole nitrogens is 1. The summed E-state index contributed by atoms with van der Waals surface area (Å²) in [5, 5.41) is 20.4. The number of hydrogen-bond donors (Lipinski definition) is 2. The smallest absolute Gasteiger partial charge is 0.272 e. The van der Waals surface area contributed by atoms with Crippen molar-refractivity contribution in [2.45, 2.75) is 109 Å². The highest BCUT2D eigenvalue weighted by Gasteiger charge is 2.77. The van der Waals surface area contributed by atoms with Crippen LogP contribution < -0.4 is 5.56 Å². The number of piperazine rings is 1. The van der Waals surface area contributed by atoms with Crippen molar-refractivity contribution >= 4 is 22.6 Å². The van der Waals surface area contributed by atoms with Gasteiger partial charge >= 0.3 is 0 Å². The highest BCUT2D eigenvalue weighted by molar-refractivity contribution is 5.95. The molecule has 1 aliphatic heterocycles. The van der Waals surface area contributed by atoms with Gasteiger partial charge in [-0.3, -0.25) is 14.4 Å². The maximum Gasteiger partial charge on any atom is 0.272 e. The molecule has 1 saturated heterocycles. The van der Waals surface area contributed by atoms with Crippen LogP contribution in [0.4, 0.5) is 4.39 Å². The van der Waals surface area contributed by atoms with Crippen LogP contribution in [0.1, 0.15) is 118 Å². The van der Waals surface area contributed by atoms with E-state index in [0.29, 0.717) is 85.6 Å². The minimum atomic E-state index is -0.664. The summed E-state index contributed by atoms with van der Waals surface area (Å²) in [5.74, 6) is 2.73. The fourth-order valence-corrected chi connectivity index (χ4v) is 13.3. The molecule has 3 aromatic rings. The highest BCUT2D eigenvalue weighted by Crippen LogP contribution is 2.82. The van der Waals surface area contributed by atoms with Crippen LogP contribution in [0.25, 0.3) is 10.8 Å². The Morgan fingerprint density at radius 3 is 2.53 bits per heavy atom. The zero-order chi connectivity index (χ0) is 36.5. The number of aromatic nitrogens is 2. The first-order chi connectivity index (χ1) is 25.6. The summed E-state index contributed by atoms with van der Waals surface area (Å²) >= 11 is 0. The Hall–Kier alpha value is -3.59. The van der Waals surface area contributed by atoms with Gasteiger partial charge in [-0.15, -0.1) is 0 Å². The lowest BCUT2D eigenvalue weighted by atomic mass is 9.47. The number of nitrogens with one attached hydrogen (secondary N) is 1. The van der Waals surface area contributed by atoms with Crippen LogP contribution >= 0.6 is 0 Å². The van der Waals surface area contributed by atoms with Crippen molar-refractivity contribution in [2.24, 2.45) is 40.4 Å². The highest BCUT2D eigenvalue weighted by atomic mass is 19.1. The van der Waals surface area contributed by atoms with E-state index in [1.807, 2.05) is 17.0 Å². The largest absolute Gasteiger partial charge is 0.390 e. The van der Waals surface area contributed by atoms with Crippen LogP contribution in [0.2, 0.25) is 0 Å². The van der Waals surface area contributed by atoms with Gasteiger partial charge in [0.15, 0.2) is 0 Å². The van der Waals surface area contributed by atoms with E-state index in [-0.39, 0.29) is 22.9 Å². The zero-order valence-corrected chi connectivity index (χ0v) is 31.3. The Kier molecular flexibility index (Phi) is 8.82. The number of amides is 2. The fourth-order valence-electron chi connectivity index (χ4n) is 13.3. The molecule has 1 spiro atoms. The lowest BCUT2D eigenvalue weighted by Crippen LogP contribution is -2.52. The quantitative estimate of drug-likeness (QED) is 0.267. The molecule has 2 N–H and O–H groups in total. The van der Waals surface area contributed by atoms with Crippen LogP contribution in [-0.4, -0.2) is 68.7 Å². The summed E-state index contributed by atoms with van der Waals surface area (Å²) in [4.78, 5) is 42.7. The van der Waals surface area contributed by atoms with E-state index < -0.39 is 11.4 Å². The van der Waals surface area contributed by atoms with Crippen molar-refractivity contribution in [3.8, 4) is 0 Å². The monoisotopic (exact) mass is 722 g/mol. The van der Waals surface area contributed by atoms with Crippen molar-refractivity contribution in [3.63, 3.8) is 0 Å². The summed E-state index contributed by atoms with van der Waals surface area (Å²) in [7, 11) is 0. The average Bonchev–Trinajstić information content (AvgIpc) is 3.85. The van der Waals surface area contributed by atoms with E-state index in [0.717, 1.165) is 48.0 Å². The molecular formula is C44H55FN4O4. The molecule has 2 heterocycles. The molecule has 0 radical (unpaired) electrons. The molecule has 0 bridgehead atoms. The Morgan fingerprint density at radius 2 is 1.70 bits per heavy atom. The molecule has 1 aromatic heterocycles. The number of fused-ring (bicyclic) bond motifs is 3. The van der Waals surface area contributed by atoms with Crippen molar-refractivity contribution in [1.82, 2.24) is 20.0 Å². The number of aliphatic hydroxyl groups is 1. The number of halogens is 1. The van der Waals surface area contributed by atoms with Gasteiger partial charge in [0, 0.05) is 44.4 Å². The molecular weight excluding hydrogens is 668 g/mol. The van der Waals surface area contributed by atoms with Gasteiger partial charge in [-0.25, -0.2) is 9.49 Å². The molecule has 2 amide bonds. The molecule has 6 fully saturated rings. The van der Waals surface area contributed by atoms with Crippen molar-refractivity contribution in [2.75, 3.05) is 26.2 Å². The molecule has 5 saturated carbocycles. The zero-order valence-electron chi connectivity index (χ0n) is 31.3. The number of carbonyl (C=O) groups excluding carboxylic acids is 2. The van der Waals surface area contributed by atoms with E-state index in [4.69, 9.17) is 0 Å². The summed E-state index contributed by atoms with van der Waals surface area (Å²) in [5.41, 5.74) is 1.42. The average molecular weight is 723 g/mol. The third-order valence-electron chi connectivity index (χ3n) is 15.8. The Bertz CT molecular complexity index is 1970. The first-order valence-electron chi connectivity index (χ1n) is 20.7. The van der Waals surface area contributed by atoms with Gasteiger partial charge in [-0.1, -0.05) is 50.5 Å². The van der Waals surface area contributed by atoms with Crippen LogP contribution in [0.3, 0.4) is 0 Å². The van der Waals surface area contributed by atoms with Gasteiger partial charge < -0.3 is 14.9 Å². The molecule has 282 valence electrons. The van der Waals surface area contributed by atoms with Crippen molar-refractivity contribution < 1.29 is 19.1 Å². The molecule has 5 aliphatic carbocycles.